The van der Waals surface area contributed by atoms with Gasteiger partial charge in [0.25, 0.3) is 10.0 Å². The summed E-state index contributed by atoms with van der Waals surface area (Å²) in [5.74, 6) is -2.05. The molecule has 1 aromatic heterocycles. The number of nitrogens with one attached hydrogen (secondary N) is 1. The Hall–Kier alpha value is -1.73. The van der Waals surface area contributed by atoms with Crippen LogP contribution in [0, 0.1) is 11.6 Å². The van der Waals surface area contributed by atoms with Gasteiger partial charge in [0.05, 0.1) is 16.9 Å². The molecule has 0 aliphatic heterocycles. The average molecular weight is 305 g/mol. The van der Waals surface area contributed by atoms with Crippen molar-refractivity contribution in [3.8, 4) is 0 Å². The first kappa shape index (κ1) is 13.7. The van der Waals surface area contributed by atoms with Crippen molar-refractivity contribution in [1.29, 1.82) is 0 Å². The highest BCUT2D eigenvalue weighted by molar-refractivity contribution is 7.92. The fourth-order valence-electron chi connectivity index (χ4n) is 1.35. The van der Waals surface area contributed by atoms with E-state index in [4.69, 9.17) is 11.6 Å². The van der Waals surface area contributed by atoms with E-state index in [-0.39, 0.29) is 10.7 Å². The van der Waals surface area contributed by atoms with Gasteiger partial charge in [-0.05, 0) is 18.2 Å². The van der Waals surface area contributed by atoms with Crippen molar-refractivity contribution in [2.45, 2.75) is 4.90 Å². The van der Waals surface area contributed by atoms with Gasteiger partial charge in [0.1, 0.15) is 16.5 Å². The SMILES string of the molecule is O=S(=O)(Nc1cnccc1Cl)c1ccc(F)cc1F. The average Bonchev–Trinajstić information content (AvgIpc) is 2.31. The number of hydrogen-bond acceptors (Lipinski definition) is 3. The van der Waals surface area contributed by atoms with Gasteiger partial charge in [-0.15, -0.1) is 0 Å². The van der Waals surface area contributed by atoms with Gasteiger partial charge in [-0.2, -0.15) is 0 Å². The minimum absolute atomic E-state index is 0.00731. The maximum absolute atomic E-state index is 13.4. The Balaban J connectivity index is 2.41. The lowest BCUT2D eigenvalue weighted by atomic mass is 10.3. The van der Waals surface area contributed by atoms with Crippen molar-refractivity contribution in [3.05, 3.63) is 53.3 Å². The zero-order chi connectivity index (χ0) is 14.0. The van der Waals surface area contributed by atoms with Crippen molar-refractivity contribution < 1.29 is 17.2 Å². The van der Waals surface area contributed by atoms with Gasteiger partial charge < -0.3 is 0 Å². The third kappa shape index (κ3) is 2.99. The molecule has 1 heterocycles. The molecule has 0 aliphatic rings. The van der Waals surface area contributed by atoms with Crippen molar-refractivity contribution in [2.24, 2.45) is 0 Å². The van der Waals surface area contributed by atoms with Gasteiger partial charge in [-0.25, -0.2) is 17.2 Å². The van der Waals surface area contributed by atoms with E-state index < -0.39 is 26.6 Å². The molecule has 0 saturated carbocycles. The molecule has 0 amide bonds. The molecule has 0 bridgehead atoms. The smallest absolute Gasteiger partial charge is 0.264 e. The minimum atomic E-state index is -4.20. The molecule has 4 nitrogen and oxygen atoms in total. The first-order chi connectivity index (χ1) is 8.90. The first-order valence-corrected chi connectivity index (χ1v) is 6.83. The van der Waals surface area contributed by atoms with E-state index in [1.165, 1.54) is 18.5 Å². The third-order valence-electron chi connectivity index (χ3n) is 2.20. The maximum Gasteiger partial charge on any atom is 0.264 e. The third-order valence-corrected chi connectivity index (χ3v) is 3.92. The second-order valence-corrected chi connectivity index (χ2v) is 5.59. The fourth-order valence-corrected chi connectivity index (χ4v) is 2.68. The topological polar surface area (TPSA) is 59.1 Å². The Morgan fingerprint density at radius 1 is 1.21 bits per heavy atom. The van der Waals surface area contributed by atoms with E-state index >= 15 is 0 Å². The number of rotatable bonds is 3. The second kappa shape index (κ2) is 5.10. The van der Waals surface area contributed by atoms with Crippen LogP contribution in [0.5, 0.6) is 0 Å². The zero-order valence-corrected chi connectivity index (χ0v) is 10.8. The molecule has 2 rings (SSSR count). The molecule has 2 aromatic rings. The molecule has 100 valence electrons. The van der Waals surface area contributed by atoms with Crippen LogP contribution in [-0.2, 0) is 10.0 Å². The molecule has 0 radical (unpaired) electrons. The van der Waals surface area contributed by atoms with Crippen molar-refractivity contribution in [1.82, 2.24) is 4.98 Å². The normalized spacial score (nSPS) is 11.3. The van der Waals surface area contributed by atoms with Gasteiger partial charge >= 0.3 is 0 Å². The van der Waals surface area contributed by atoms with Gasteiger partial charge in [-0.1, -0.05) is 11.6 Å². The predicted octanol–water partition coefficient (Wildman–Crippen LogP) is 2.81. The van der Waals surface area contributed by atoms with Crippen molar-refractivity contribution in [2.75, 3.05) is 4.72 Å². The highest BCUT2D eigenvalue weighted by Crippen LogP contribution is 2.24. The summed E-state index contributed by atoms with van der Waals surface area (Å²) < 4.78 is 52.1. The number of halogens is 3. The summed E-state index contributed by atoms with van der Waals surface area (Å²) >= 11 is 5.76. The van der Waals surface area contributed by atoms with Crippen LogP contribution >= 0.6 is 11.6 Å². The van der Waals surface area contributed by atoms with Crippen LogP contribution in [0.3, 0.4) is 0 Å². The van der Waals surface area contributed by atoms with Crippen LogP contribution in [0.25, 0.3) is 0 Å². The summed E-state index contributed by atoms with van der Waals surface area (Å²) in [6, 6.07) is 3.54. The Kier molecular flexibility index (Phi) is 3.68. The number of pyridine rings is 1. The molecule has 0 atom stereocenters. The summed E-state index contributed by atoms with van der Waals surface area (Å²) in [5.41, 5.74) is 0.00731. The van der Waals surface area contributed by atoms with Crippen LogP contribution in [0.4, 0.5) is 14.5 Å². The van der Waals surface area contributed by atoms with E-state index in [0.717, 1.165) is 12.1 Å². The maximum atomic E-state index is 13.4. The number of sulfonamides is 1. The van der Waals surface area contributed by atoms with Crippen LogP contribution in [-0.4, -0.2) is 13.4 Å². The standard InChI is InChI=1S/C11H7ClF2N2O2S/c12-8-3-4-15-6-10(8)16-19(17,18)11-2-1-7(13)5-9(11)14/h1-6,16H. The van der Waals surface area contributed by atoms with Gasteiger partial charge in [0.2, 0.25) is 0 Å². The Morgan fingerprint density at radius 2 is 1.95 bits per heavy atom. The number of benzene rings is 1. The number of anilines is 1. The lowest BCUT2D eigenvalue weighted by molar-refractivity contribution is 0.551. The summed E-state index contributed by atoms with van der Waals surface area (Å²) in [7, 11) is -4.20. The van der Waals surface area contributed by atoms with Gasteiger partial charge in [0, 0.05) is 12.3 Å². The number of nitrogens with zero attached hydrogens (tertiary/aromatic N) is 1. The van der Waals surface area contributed by atoms with Crippen LogP contribution in [0.1, 0.15) is 0 Å². The summed E-state index contributed by atoms with van der Waals surface area (Å²) in [6.45, 7) is 0. The fraction of sp³-hybridized carbons (Fsp3) is 0. The Labute approximate surface area is 113 Å². The van der Waals surface area contributed by atoms with Gasteiger partial charge in [0.15, 0.2) is 0 Å². The minimum Gasteiger partial charge on any atom is -0.276 e. The first-order valence-electron chi connectivity index (χ1n) is 4.97. The summed E-state index contributed by atoms with van der Waals surface area (Å²) in [5, 5.41) is 0.112. The molecule has 19 heavy (non-hydrogen) atoms. The molecule has 1 N–H and O–H groups in total. The van der Waals surface area contributed by atoms with E-state index in [1.54, 1.807) is 0 Å². The summed E-state index contributed by atoms with van der Waals surface area (Å²) in [6.07, 6.45) is 2.56. The van der Waals surface area contributed by atoms with Crippen molar-refractivity contribution in [3.63, 3.8) is 0 Å². The van der Waals surface area contributed by atoms with E-state index in [1.807, 2.05) is 0 Å². The molecule has 0 fully saturated rings. The lowest BCUT2D eigenvalue weighted by Gasteiger charge is -2.09. The summed E-state index contributed by atoms with van der Waals surface area (Å²) in [4.78, 5) is 3.02. The van der Waals surface area contributed by atoms with Gasteiger partial charge in [-0.3, -0.25) is 9.71 Å². The zero-order valence-electron chi connectivity index (χ0n) is 9.27. The monoisotopic (exact) mass is 304 g/mol. The lowest BCUT2D eigenvalue weighted by Crippen LogP contribution is -2.15. The molecule has 8 heteroatoms. The van der Waals surface area contributed by atoms with E-state index in [2.05, 4.69) is 9.71 Å². The van der Waals surface area contributed by atoms with Crippen molar-refractivity contribution >= 4 is 27.3 Å². The molecule has 0 saturated heterocycles. The highest BCUT2D eigenvalue weighted by atomic mass is 35.5. The highest BCUT2D eigenvalue weighted by Gasteiger charge is 2.20. The second-order valence-electron chi connectivity index (χ2n) is 3.54. The molecule has 0 aliphatic carbocycles. The molecule has 1 aromatic carbocycles. The quantitative estimate of drug-likeness (QED) is 0.948. The Bertz CT molecular complexity index is 722. The number of hydrogen-bond donors (Lipinski definition) is 1. The predicted molar refractivity (Wildman–Crippen MR) is 66.4 cm³/mol. The largest absolute Gasteiger partial charge is 0.276 e. The molecular weight excluding hydrogens is 298 g/mol. The van der Waals surface area contributed by atoms with Crippen LogP contribution in [0.15, 0.2) is 41.6 Å². The molecule has 0 unspecified atom stereocenters. The Morgan fingerprint density at radius 3 is 2.58 bits per heavy atom. The molecule has 0 spiro atoms. The molecular formula is C11H7ClF2N2O2S. The number of aromatic nitrogens is 1. The van der Waals surface area contributed by atoms with E-state index in [0.29, 0.717) is 6.07 Å². The van der Waals surface area contributed by atoms with E-state index in [9.17, 15) is 17.2 Å². The van der Waals surface area contributed by atoms with Crippen LogP contribution < -0.4 is 4.72 Å². The van der Waals surface area contributed by atoms with Crippen LogP contribution in [0.2, 0.25) is 5.02 Å².